The molecular formula is C10H13NO4. The standard InChI is InChI=1S/C10H13NO4/c1-7(11(13)14)10(12)8-4-3-5-9(6-8)15-2/h3-7,10,12H,1-2H3. The SMILES string of the molecule is COc1cccc(C(O)C(C)[N+](=O)[O-])c1. The molecule has 0 amide bonds. The molecule has 0 spiro atoms. The fourth-order valence-corrected chi connectivity index (χ4v) is 1.22. The van der Waals surface area contributed by atoms with Crippen molar-refractivity contribution in [3.05, 3.63) is 39.9 Å². The Labute approximate surface area is 87.5 Å². The molecule has 1 aromatic rings. The number of hydrogen-bond acceptors (Lipinski definition) is 4. The normalized spacial score (nSPS) is 14.3. The highest BCUT2D eigenvalue weighted by atomic mass is 16.6. The molecule has 0 aliphatic carbocycles. The molecule has 1 rings (SSSR count). The summed E-state index contributed by atoms with van der Waals surface area (Å²) < 4.78 is 4.96. The van der Waals surface area contributed by atoms with Crippen LogP contribution < -0.4 is 4.74 Å². The van der Waals surface area contributed by atoms with Gasteiger partial charge in [0.1, 0.15) is 11.9 Å². The molecule has 15 heavy (non-hydrogen) atoms. The van der Waals surface area contributed by atoms with Crippen molar-refractivity contribution in [2.24, 2.45) is 0 Å². The van der Waals surface area contributed by atoms with Crippen LogP contribution in [0.4, 0.5) is 0 Å². The summed E-state index contributed by atoms with van der Waals surface area (Å²) in [6.45, 7) is 1.37. The van der Waals surface area contributed by atoms with Gasteiger partial charge in [-0.05, 0) is 17.7 Å². The van der Waals surface area contributed by atoms with Gasteiger partial charge in [-0.25, -0.2) is 0 Å². The summed E-state index contributed by atoms with van der Waals surface area (Å²) >= 11 is 0. The van der Waals surface area contributed by atoms with Gasteiger partial charge >= 0.3 is 0 Å². The molecule has 0 heterocycles. The minimum atomic E-state index is -1.12. The quantitative estimate of drug-likeness (QED) is 0.603. The fourth-order valence-electron chi connectivity index (χ4n) is 1.22. The zero-order chi connectivity index (χ0) is 11.4. The second kappa shape index (κ2) is 4.75. The Morgan fingerprint density at radius 1 is 1.53 bits per heavy atom. The molecule has 2 atom stereocenters. The van der Waals surface area contributed by atoms with Gasteiger partial charge in [-0.1, -0.05) is 12.1 Å². The molecule has 2 unspecified atom stereocenters. The Bertz CT molecular complexity index is 353. The van der Waals surface area contributed by atoms with Crippen molar-refractivity contribution < 1.29 is 14.8 Å². The summed E-state index contributed by atoms with van der Waals surface area (Å²) in [5.74, 6) is 0.571. The molecule has 0 aromatic heterocycles. The van der Waals surface area contributed by atoms with E-state index >= 15 is 0 Å². The summed E-state index contributed by atoms with van der Waals surface area (Å²) in [5.41, 5.74) is 0.485. The molecule has 0 bridgehead atoms. The van der Waals surface area contributed by atoms with Gasteiger partial charge in [-0.15, -0.1) is 0 Å². The maximum atomic E-state index is 10.5. The van der Waals surface area contributed by atoms with Crippen LogP contribution in [0.2, 0.25) is 0 Å². The Kier molecular flexibility index (Phi) is 3.62. The van der Waals surface area contributed by atoms with Crippen molar-refractivity contribution in [2.75, 3.05) is 7.11 Å². The maximum Gasteiger partial charge on any atom is 0.239 e. The summed E-state index contributed by atoms with van der Waals surface area (Å²) in [4.78, 5) is 9.97. The molecule has 82 valence electrons. The first-order valence-electron chi connectivity index (χ1n) is 4.51. The highest BCUT2D eigenvalue weighted by Gasteiger charge is 2.25. The lowest BCUT2D eigenvalue weighted by atomic mass is 10.0. The zero-order valence-electron chi connectivity index (χ0n) is 8.58. The van der Waals surface area contributed by atoms with Crippen molar-refractivity contribution in [2.45, 2.75) is 19.1 Å². The van der Waals surface area contributed by atoms with Gasteiger partial charge in [0.05, 0.1) is 7.11 Å². The molecule has 0 fully saturated rings. The third-order valence-electron chi connectivity index (χ3n) is 2.22. The second-order valence-electron chi connectivity index (χ2n) is 3.25. The predicted molar refractivity (Wildman–Crippen MR) is 54.4 cm³/mol. The van der Waals surface area contributed by atoms with Crippen molar-refractivity contribution >= 4 is 0 Å². The number of benzene rings is 1. The highest BCUT2D eigenvalue weighted by molar-refractivity contribution is 5.30. The number of hydrogen-bond donors (Lipinski definition) is 1. The van der Waals surface area contributed by atoms with Gasteiger partial charge in [-0.2, -0.15) is 0 Å². The van der Waals surface area contributed by atoms with Crippen LogP contribution in [0, 0.1) is 10.1 Å². The Balaban J connectivity index is 2.90. The highest BCUT2D eigenvalue weighted by Crippen LogP contribution is 2.22. The maximum absolute atomic E-state index is 10.5. The first-order chi connectivity index (χ1) is 7.06. The van der Waals surface area contributed by atoms with Crippen LogP contribution in [-0.4, -0.2) is 23.2 Å². The van der Waals surface area contributed by atoms with Crippen LogP contribution >= 0.6 is 0 Å². The summed E-state index contributed by atoms with van der Waals surface area (Å²) in [6, 6.07) is 5.59. The Hall–Kier alpha value is -1.62. The molecule has 0 radical (unpaired) electrons. The van der Waals surface area contributed by atoms with Crippen molar-refractivity contribution in [3.63, 3.8) is 0 Å². The zero-order valence-corrected chi connectivity index (χ0v) is 8.58. The van der Waals surface area contributed by atoms with Gasteiger partial charge in [0.2, 0.25) is 6.04 Å². The number of ether oxygens (including phenoxy) is 1. The summed E-state index contributed by atoms with van der Waals surface area (Å²) in [6.07, 6.45) is -1.12. The van der Waals surface area contributed by atoms with E-state index in [2.05, 4.69) is 0 Å². The van der Waals surface area contributed by atoms with Gasteiger partial charge in [0.25, 0.3) is 0 Å². The van der Waals surface area contributed by atoms with E-state index in [1.807, 2.05) is 0 Å². The smallest absolute Gasteiger partial charge is 0.239 e. The molecule has 1 aromatic carbocycles. The van der Waals surface area contributed by atoms with Crippen LogP contribution in [0.1, 0.15) is 18.6 Å². The number of nitrogens with zero attached hydrogens (tertiary/aromatic N) is 1. The molecule has 0 saturated carbocycles. The van der Waals surface area contributed by atoms with Gasteiger partial charge in [-0.3, -0.25) is 10.1 Å². The first kappa shape index (κ1) is 11.5. The third-order valence-corrected chi connectivity index (χ3v) is 2.22. The van der Waals surface area contributed by atoms with Crippen LogP contribution in [0.15, 0.2) is 24.3 Å². The Morgan fingerprint density at radius 3 is 2.73 bits per heavy atom. The van der Waals surface area contributed by atoms with E-state index in [4.69, 9.17) is 4.74 Å². The number of aliphatic hydroxyl groups is 1. The number of nitro groups is 1. The molecule has 0 aliphatic rings. The van der Waals surface area contributed by atoms with Crippen LogP contribution in [-0.2, 0) is 0 Å². The lowest BCUT2D eigenvalue weighted by molar-refractivity contribution is -0.531. The monoisotopic (exact) mass is 211 g/mol. The van der Waals surface area contributed by atoms with Crippen molar-refractivity contribution in [1.82, 2.24) is 0 Å². The third kappa shape index (κ3) is 2.66. The van der Waals surface area contributed by atoms with Gasteiger partial charge in [0, 0.05) is 11.8 Å². The molecule has 1 N–H and O–H groups in total. The summed E-state index contributed by atoms with van der Waals surface area (Å²) in [5, 5.41) is 20.2. The van der Waals surface area contributed by atoms with E-state index in [9.17, 15) is 15.2 Å². The Morgan fingerprint density at radius 2 is 2.20 bits per heavy atom. The van der Waals surface area contributed by atoms with E-state index < -0.39 is 17.1 Å². The topological polar surface area (TPSA) is 72.6 Å². The van der Waals surface area contributed by atoms with Gasteiger partial charge < -0.3 is 9.84 Å². The minimum absolute atomic E-state index is 0.485. The van der Waals surface area contributed by atoms with Crippen molar-refractivity contribution in [3.8, 4) is 5.75 Å². The number of methoxy groups -OCH3 is 1. The van der Waals surface area contributed by atoms with E-state index in [0.717, 1.165) is 0 Å². The van der Waals surface area contributed by atoms with E-state index in [1.54, 1.807) is 24.3 Å². The lowest BCUT2D eigenvalue weighted by Crippen LogP contribution is -2.23. The number of rotatable bonds is 4. The van der Waals surface area contributed by atoms with E-state index in [1.165, 1.54) is 14.0 Å². The molecule has 0 aliphatic heterocycles. The molecule has 5 heteroatoms. The largest absolute Gasteiger partial charge is 0.497 e. The predicted octanol–water partition coefficient (Wildman–Crippen LogP) is 1.39. The molecule has 0 saturated heterocycles. The van der Waals surface area contributed by atoms with Crippen molar-refractivity contribution in [1.29, 1.82) is 0 Å². The van der Waals surface area contributed by atoms with Crippen LogP contribution in [0.5, 0.6) is 5.75 Å². The average molecular weight is 211 g/mol. The van der Waals surface area contributed by atoms with Crippen LogP contribution in [0.3, 0.4) is 0 Å². The second-order valence-corrected chi connectivity index (χ2v) is 3.25. The molecular weight excluding hydrogens is 198 g/mol. The first-order valence-corrected chi connectivity index (χ1v) is 4.51. The van der Waals surface area contributed by atoms with E-state index in [-0.39, 0.29) is 0 Å². The van der Waals surface area contributed by atoms with E-state index in [0.29, 0.717) is 11.3 Å². The number of aliphatic hydroxyl groups excluding tert-OH is 1. The lowest BCUT2D eigenvalue weighted by Gasteiger charge is -2.13. The van der Waals surface area contributed by atoms with Gasteiger partial charge in [0.15, 0.2) is 0 Å². The average Bonchev–Trinajstić information content (AvgIpc) is 2.27. The molecule has 5 nitrogen and oxygen atoms in total. The summed E-state index contributed by atoms with van der Waals surface area (Å²) in [7, 11) is 1.50. The van der Waals surface area contributed by atoms with Crippen LogP contribution in [0.25, 0.3) is 0 Å². The minimum Gasteiger partial charge on any atom is -0.497 e. The fraction of sp³-hybridized carbons (Fsp3) is 0.400.